The number of nitrogens with zero attached hydrogens (tertiary/aromatic N) is 1. The fourth-order valence-electron chi connectivity index (χ4n) is 1.47. The molecule has 0 fully saturated rings. The number of hydrogen-bond donors (Lipinski definition) is 1. The first kappa shape index (κ1) is 15.8. The maximum Gasteiger partial charge on any atom is 0.277 e. The van der Waals surface area contributed by atoms with Gasteiger partial charge in [0.1, 0.15) is 5.75 Å². The zero-order valence-corrected chi connectivity index (χ0v) is 13.8. The number of carbonyl (C=O) groups excluding carboxylic acids is 1. The summed E-state index contributed by atoms with van der Waals surface area (Å²) in [7, 11) is 0. The Morgan fingerprint density at radius 1 is 1.29 bits per heavy atom. The van der Waals surface area contributed by atoms with Crippen LogP contribution < -0.4 is 10.2 Å². The van der Waals surface area contributed by atoms with Gasteiger partial charge in [0.05, 0.1) is 6.21 Å². The largest absolute Gasteiger partial charge is 0.484 e. The van der Waals surface area contributed by atoms with Crippen molar-refractivity contribution in [2.45, 2.75) is 0 Å². The van der Waals surface area contributed by atoms with E-state index in [1.54, 1.807) is 30.5 Å². The Morgan fingerprint density at radius 3 is 2.76 bits per heavy atom. The number of hydrazone groups is 1. The van der Waals surface area contributed by atoms with E-state index in [1.165, 1.54) is 0 Å². The van der Waals surface area contributed by atoms with Gasteiger partial charge in [0, 0.05) is 8.59 Å². The van der Waals surface area contributed by atoms with Crippen molar-refractivity contribution in [2.24, 2.45) is 5.10 Å². The first-order chi connectivity index (χ1) is 10.1. The van der Waals surface area contributed by atoms with E-state index in [-0.39, 0.29) is 12.5 Å². The number of rotatable bonds is 5. The van der Waals surface area contributed by atoms with Crippen LogP contribution in [0.5, 0.6) is 5.75 Å². The Bertz CT molecular complexity index is 644. The number of carbonyl (C=O) groups is 1. The first-order valence-corrected chi connectivity index (χ1v) is 7.55. The second-order valence-electron chi connectivity index (χ2n) is 4.09. The van der Waals surface area contributed by atoms with E-state index < -0.39 is 0 Å². The maximum absolute atomic E-state index is 11.6. The highest BCUT2D eigenvalue weighted by Gasteiger charge is 2.01. The molecule has 0 spiro atoms. The molecule has 0 aromatic heterocycles. The number of benzene rings is 2. The summed E-state index contributed by atoms with van der Waals surface area (Å²) >= 11 is 8.04. The van der Waals surface area contributed by atoms with Crippen molar-refractivity contribution in [3.05, 3.63) is 62.7 Å². The third-order valence-corrected chi connectivity index (χ3v) is 3.39. The molecule has 108 valence electrons. The maximum atomic E-state index is 11.6. The first-order valence-electron chi connectivity index (χ1n) is 6.09. The number of ether oxygens (including phenoxy) is 1. The van der Waals surface area contributed by atoms with E-state index in [0.717, 1.165) is 9.13 Å². The van der Waals surface area contributed by atoms with Crippen LogP contribution in [0.25, 0.3) is 0 Å². The third-order valence-electron chi connectivity index (χ3n) is 2.44. The van der Waals surface area contributed by atoms with Gasteiger partial charge in [-0.2, -0.15) is 5.10 Å². The molecule has 0 atom stereocenters. The molecule has 0 aliphatic rings. The van der Waals surface area contributed by atoms with E-state index in [1.807, 2.05) is 24.3 Å². The zero-order valence-electron chi connectivity index (χ0n) is 10.9. The summed E-state index contributed by atoms with van der Waals surface area (Å²) in [6, 6.07) is 14.6. The summed E-state index contributed by atoms with van der Waals surface area (Å²) < 4.78 is 6.44. The summed E-state index contributed by atoms with van der Waals surface area (Å²) in [6.07, 6.45) is 1.58. The van der Waals surface area contributed by atoms with Gasteiger partial charge in [-0.15, -0.1) is 0 Å². The average molecular weight is 415 g/mol. The molecule has 6 heteroatoms. The minimum Gasteiger partial charge on any atom is -0.484 e. The predicted octanol–water partition coefficient (Wildman–Crippen LogP) is 3.47. The van der Waals surface area contributed by atoms with E-state index in [9.17, 15) is 4.79 Å². The lowest BCUT2D eigenvalue weighted by atomic mass is 10.2. The Balaban J connectivity index is 1.78. The Labute approximate surface area is 141 Å². The summed E-state index contributed by atoms with van der Waals surface area (Å²) in [5, 5.41) is 4.43. The van der Waals surface area contributed by atoms with Crippen molar-refractivity contribution in [3.8, 4) is 5.75 Å². The molecule has 1 N–H and O–H groups in total. The van der Waals surface area contributed by atoms with Crippen LogP contribution >= 0.6 is 34.2 Å². The molecule has 4 nitrogen and oxygen atoms in total. The van der Waals surface area contributed by atoms with Gasteiger partial charge in [-0.25, -0.2) is 5.43 Å². The van der Waals surface area contributed by atoms with Gasteiger partial charge in [-0.05, 0) is 58.5 Å². The molecule has 0 aliphatic heterocycles. The van der Waals surface area contributed by atoms with Crippen LogP contribution in [-0.4, -0.2) is 18.7 Å². The molecule has 0 bridgehead atoms. The lowest BCUT2D eigenvalue weighted by molar-refractivity contribution is -0.123. The number of hydrogen-bond acceptors (Lipinski definition) is 3. The average Bonchev–Trinajstić information content (AvgIpc) is 2.47. The summed E-state index contributed by atoms with van der Waals surface area (Å²) in [5.41, 5.74) is 3.31. The van der Waals surface area contributed by atoms with Gasteiger partial charge in [-0.1, -0.05) is 29.8 Å². The minimum atomic E-state index is -0.336. The van der Waals surface area contributed by atoms with Crippen LogP contribution in [0.15, 0.2) is 53.6 Å². The van der Waals surface area contributed by atoms with Gasteiger partial charge < -0.3 is 4.74 Å². The smallest absolute Gasteiger partial charge is 0.277 e. The van der Waals surface area contributed by atoms with Gasteiger partial charge in [0.15, 0.2) is 6.61 Å². The summed E-state index contributed by atoms with van der Waals surface area (Å²) in [5.74, 6) is 0.205. The van der Waals surface area contributed by atoms with Crippen molar-refractivity contribution < 1.29 is 9.53 Å². The van der Waals surface area contributed by atoms with Crippen molar-refractivity contribution in [1.29, 1.82) is 0 Å². The molecule has 0 aliphatic carbocycles. The molecule has 0 saturated carbocycles. The standard InChI is InChI=1S/C15H12ClIN2O2/c16-12-2-1-3-14(8-12)21-10-15(20)19-18-9-11-4-6-13(17)7-5-11/h1-9H,10H2,(H,19,20)/b18-9+. The molecule has 2 aromatic carbocycles. The number of amides is 1. The van der Waals surface area contributed by atoms with Crippen LogP contribution in [0.3, 0.4) is 0 Å². The Hall–Kier alpha value is -1.60. The topological polar surface area (TPSA) is 50.7 Å². The van der Waals surface area contributed by atoms with Crippen molar-refractivity contribution in [3.63, 3.8) is 0 Å². The monoisotopic (exact) mass is 414 g/mol. The van der Waals surface area contributed by atoms with Gasteiger partial charge in [0.2, 0.25) is 0 Å². The minimum absolute atomic E-state index is 0.121. The summed E-state index contributed by atoms with van der Waals surface area (Å²) in [6.45, 7) is -0.121. The van der Waals surface area contributed by atoms with Crippen molar-refractivity contribution in [1.82, 2.24) is 5.43 Å². The van der Waals surface area contributed by atoms with Crippen molar-refractivity contribution >= 4 is 46.3 Å². The van der Waals surface area contributed by atoms with E-state index >= 15 is 0 Å². The second kappa shape index (κ2) is 7.99. The third kappa shape index (κ3) is 5.73. The van der Waals surface area contributed by atoms with Crippen LogP contribution in [0, 0.1) is 3.57 Å². The fourth-order valence-corrected chi connectivity index (χ4v) is 2.01. The van der Waals surface area contributed by atoms with Crippen LogP contribution in [0.4, 0.5) is 0 Å². The predicted molar refractivity (Wildman–Crippen MR) is 91.8 cm³/mol. The molecular formula is C15H12ClIN2O2. The second-order valence-corrected chi connectivity index (χ2v) is 5.77. The highest BCUT2D eigenvalue weighted by molar-refractivity contribution is 14.1. The molecule has 0 unspecified atom stereocenters. The normalized spacial score (nSPS) is 10.6. The van der Waals surface area contributed by atoms with Crippen LogP contribution in [-0.2, 0) is 4.79 Å². The van der Waals surface area contributed by atoms with E-state index in [0.29, 0.717) is 10.8 Å². The molecule has 0 heterocycles. The lowest BCUT2D eigenvalue weighted by Gasteiger charge is -2.04. The number of halogens is 2. The fraction of sp³-hybridized carbons (Fsp3) is 0.0667. The number of nitrogens with one attached hydrogen (secondary N) is 1. The highest BCUT2D eigenvalue weighted by atomic mass is 127. The van der Waals surface area contributed by atoms with Crippen LogP contribution in [0.2, 0.25) is 5.02 Å². The van der Waals surface area contributed by atoms with E-state index in [4.69, 9.17) is 16.3 Å². The molecule has 2 aromatic rings. The molecule has 1 amide bonds. The molecular weight excluding hydrogens is 403 g/mol. The Morgan fingerprint density at radius 2 is 2.05 bits per heavy atom. The van der Waals surface area contributed by atoms with Crippen molar-refractivity contribution in [2.75, 3.05) is 6.61 Å². The van der Waals surface area contributed by atoms with Gasteiger partial charge in [-0.3, -0.25) is 4.79 Å². The highest BCUT2D eigenvalue weighted by Crippen LogP contribution is 2.16. The Kier molecular flexibility index (Phi) is 6.01. The van der Waals surface area contributed by atoms with Crippen LogP contribution in [0.1, 0.15) is 5.56 Å². The molecule has 0 saturated heterocycles. The SMILES string of the molecule is O=C(COc1cccc(Cl)c1)N/N=C/c1ccc(I)cc1. The molecule has 0 radical (unpaired) electrons. The summed E-state index contributed by atoms with van der Waals surface area (Å²) in [4.78, 5) is 11.6. The van der Waals surface area contributed by atoms with Gasteiger partial charge in [0.25, 0.3) is 5.91 Å². The van der Waals surface area contributed by atoms with Gasteiger partial charge >= 0.3 is 0 Å². The molecule has 21 heavy (non-hydrogen) atoms. The lowest BCUT2D eigenvalue weighted by Crippen LogP contribution is -2.24. The zero-order chi connectivity index (χ0) is 15.1. The van der Waals surface area contributed by atoms with E-state index in [2.05, 4.69) is 33.1 Å². The quantitative estimate of drug-likeness (QED) is 0.463. The molecule has 2 rings (SSSR count).